The summed E-state index contributed by atoms with van der Waals surface area (Å²) < 4.78 is 5.99. The van der Waals surface area contributed by atoms with Crippen molar-refractivity contribution < 1.29 is 14.9 Å². The molecule has 3 nitrogen and oxygen atoms in total. The van der Waals surface area contributed by atoms with E-state index in [4.69, 9.17) is 4.74 Å². The summed E-state index contributed by atoms with van der Waals surface area (Å²) in [5, 5.41) is 20.6. The lowest BCUT2D eigenvalue weighted by atomic mass is 9.41. The number of allylic oxidation sites excluding steroid dienone is 2. The molecule has 2 N–H and O–H groups in total. The third kappa shape index (κ3) is 3.77. The van der Waals surface area contributed by atoms with Gasteiger partial charge in [-0.1, -0.05) is 53.2 Å². The van der Waals surface area contributed by atoms with E-state index in [1.165, 1.54) is 44.9 Å². The summed E-state index contributed by atoms with van der Waals surface area (Å²) in [7, 11) is 1.91. The van der Waals surface area contributed by atoms with Crippen LogP contribution >= 0.6 is 0 Å². The molecule has 0 aromatic rings. The molecule has 0 aliphatic heterocycles. The Bertz CT molecular complexity index is 793. The van der Waals surface area contributed by atoms with Crippen LogP contribution in [0.15, 0.2) is 11.6 Å². The van der Waals surface area contributed by atoms with Crippen LogP contribution in [0, 0.1) is 45.3 Å². The first-order chi connectivity index (χ1) is 15.6. The molecule has 0 heterocycles. The molecule has 4 aliphatic carbocycles. The molecule has 0 aromatic carbocycles. The number of methoxy groups -OCH3 is 1. The highest BCUT2D eigenvalue weighted by atomic mass is 16.5. The van der Waals surface area contributed by atoms with Gasteiger partial charge in [0.15, 0.2) is 0 Å². The van der Waals surface area contributed by atoms with Crippen molar-refractivity contribution in [1.82, 2.24) is 0 Å². The number of rotatable bonds is 6. The maximum absolute atomic E-state index is 10.4. The molecule has 3 fully saturated rings. The van der Waals surface area contributed by atoms with Crippen LogP contribution in [0.4, 0.5) is 0 Å². The van der Waals surface area contributed by atoms with Gasteiger partial charge in [-0.25, -0.2) is 0 Å². The fourth-order valence-electron chi connectivity index (χ4n) is 10.1. The molecule has 0 amide bonds. The minimum Gasteiger partial charge on any atom is -0.390 e. The summed E-state index contributed by atoms with van der Waals surface area (Å²) in [5.74, 6) is 2.67. The van der Waals surface area contributed by atoms with Crippen LogP contribution in [0.1, 0.15) is 113 Å². The Hall–Kier alpha value is -0.380. The van der Waals surface area contributed by atoms with E-state index in [-0.39, 0.29) is 5.41 Å². The lowest BCUT2D eigenvalue weighted by molar-refractivity contribution is -0.130. The van der Waals surface area contributed by atoms with Crippen molar-refractivity contribution in [2.45, 2.75) is 131 Å². The zero-order valence-corrected chi connectivity index (χ0v) is 23.7. The van der Waals surface area contributed by atoms with Gasteiger partial charge in [0.2, 0.25) is 0 Å². The average Bonchev–Trinajstić information content (AvgIpc) is 3.02. The van der Waals surface area contributed by atoms with Crippen molar-refractivity contribution in [3.8, 4) is 0 Å². The van der Waals surface area contributed by atoms with E-state index in [2.05, 4.69) is 47.6 Å². The second-order valence-electron chi connectivity index (χ2n) is 14.8. The lowest BCUT2D eigenvalue weighted by Gasteiger charge is -2.64. The topological polar surface area (TPSA) is 49.7 Å². The number of hydrogen-bond acceptors (Lipinski definition) is 3. The summed E-state index contributed by atoms with van der Waals surface area (Å²) in [6.07, 6.45) is 13.1. The van der Waals surface area contributed by atoms with Gasteiger partial charge in [0.1, 0.15) is 0 Å². The van der Waals surface area contributed by atoms with E-state index >= 15 is 0 Å². The van der Waals surface area contributed by atoms with Crippen molar-refractivity contribution in [3.05, 3.63) is 11.6 Å². The SMILES string of the molecule is CO[C@@H]1CC[C@]2(C)C3=CC[C@]4(C)[C@@H]([C@H](C)CC[C@H](O)C(C)(C)O)CC[C@@]4(C)[C@@H]3CC[C@H]2C1(C)C. The van der Waals surface area contributed by atoms with Crippen LogP contribution in [0.3, 0.4) is 0 Å². The highest BCUT2D eigenvalue weighted by Gasteiger charge is 2.65. The molecule has 0 radical (unpaired) electrons. The van der Waals surface area contributed by atoms with E-state index in [0.29, 0.717) is 52.4 Å². The molecule has 34 heavy (non-hydrogen) atoms. The van der Waals surface area contributed by atoms with Crippen LogP contribution in [-0.4, -0.2) is 35.1 Å². The molecule has 0 bridgehead atoms. The van der Waals surface area contributed by atoms with E-state index in [1.807, 2.05) is 7.11 Å². The van der Waals surface area contributed by atoms with Gasteiger partial charge in [0.25, 0.3) is 0 Å². The van der Waals surface area contributed by atoms with Gasteiger partial charge in [-0.15, -0.1) is 0 Å². The molecule has 0 aromatic heterocycles. The number of fused-ring (bicyclic) bond motifs is 5. The molecule has 4 aliphatic rings. The summed E-state index contributed by atoms with van der Waals surface area (Å²) in [4.78, 5) is 0. The highest BCUT2D eigenvalue weighted by molar-refractivity contribution is 5.32. The molecule has 9 atom stereocenters. The Morgan fingerprint density at radius 2 is 1.68 bits per heavy atom. The van der Waals surface area contributed by atoms with Gasteiger partial charge >= 0.3 is 0 Å². The molecule has 0 unspecified atom stereocenters. The first-order valence-electron chi connectivity index (χ1n) is 14.3. The largest absolute Gasteiger partial charge is 0.390 e. The first-order valence-corrected chi connectivity index (χ1v) is 14.3. The minimum absolute atomic E-state index is 0.225. The Kier molecular flexibility index (Phi) is 6.74. The summed E-state index contributed by atoms with van der Waals surface area (Å²) in [6, 6.07) is 0. The standard InChI is InChI=1S/C31H54O3/c1-20(10-13-25(32)28(4,5)33)21-14-18-31(8)23-11-12-24-27(2,3)26(34-9)16-17-29(24,6)22(23)15-19-30(21,31)7/h15,20-21,23-26,32-33H,10-14,16-19H2,1-9H3/t20-,21-,23-,24+,25+,26-,29-,30-,31+/m1/s1. The van der Waals surface area contributed by atoms with E-state index in [0.717, 1.165) is 6.42 Å². The summed E-state index contributed by atoms with van der Waals surface area (Å²) in [5.41, 5.74) is 2.01. The van der Waals surface area contributed by atoms with Crippen molar-refractivity contribution in [3.63, 3.8) is 0 Å². The Balaban J connectivity index is 1.59. The normalized spacial score (nSPS) is 45.6. The number of aliphatic hydroxyl groups is 2. The van der Waals surface area contributed by atoms with Crippen molar-refractivity contribution in [1.29, 1.82) is 0 Å². The zero-order valence-electron chi connectivity index (χ0n) is 23.7. The fraction of sp³-hybridized carbons (Fsp3) is 0.935. The molecule has 3 heteroatoms. The molecule has 3 saturated carbocycles. The van der Waals surface area contributed by atoms with Gasteiger partial charge in [-0.2, -0.15) is 0 Å². The molecule has 0 saturated heterocycles. The van der Waals surface area contributed by atoms with Crippen LogP contribution < -0.4 is 0 Å². The van der Waals surface area contributed by atoms with Crippen molar-refractivity contribution >= 4 is 0 Å². The second kappa shape index (κ2) is 8.59. The maximum atomic E-state index is 10.4. The maximum Gasteiger partial charge on any atom is 0.0849 e. The Morgan fingerprint density at radius 1 is 1.00 bits per heavy atom. The van der Waals surface area contributed by atoms with Gasteiger partial charge in [0.05, 0.1) is 17.8 Å². The van der Waals surface area contributed by atoms with Gasteiger partial charge in [-0.3, -0.25) is 0 Å². The van der Waals surface area contributed by atoms with Gasteiger partial charge in [0, 0.05) is 7.11 Å². The Morgan fingerprint density at radius 3 is 2.29 bits per heavy atom. The first kappa shape index (κ1) is 26.7. The van der Waals surface area contributed by atoms with E-state index in [1.54, 1.807) is 19.4 Å². The molecular formula is C31H54O3. The summed E-state index contributed by atoms with van der Waals surface area (Å²) >= 11 is 0. The highest BCUT2D eigenvalue weighted by Crippen LogP contribution is 2.73. The third-order valence-electron chi connectivity index (χ3n) is 12.5. The van der Waals surface area contributed by atoms with Crippen LogP contribution in [0.5, 0.6) is 0 Å². The lowest BCUT2D eigenvalue weighted by Crippen LogP contribution is -2.58. The summed E-state index contributed by atoms with van der Waals surface area (Å²) in [6.45, 7) is 18.6. The molecule has 0 spiro atoms. The zero-order chi connectivity index (χ0) is 25.3. The number of aliphatic hydroxyl groups excluding tert-OH is 1. The number of hydrogen-bond donors (Lipinski definition) is 2. The van der Waals surface area contributed by atoms with Crippen LogP contribution in [0.25, 0.3) is 0 Å². The van der Waals surface area contributed by atoms with Crippen molar-refractivity contribution in [2.24, 2.45) is 45.3 Å². The second-order valence-corrected chi connectivity index (χ2v) is 14.8. The Labute approximate surface area is 210 Å². The predicted molar refractivity (Wildman–Crippen MR) is 140 cm³/mol. The molecule has 4 rings (SSSR count). The van der Waals surface area contributed by atoms with Gasteiger partial charge in [-0.05, 0) is 117 Å². The van der Waals surface area contributed by atoms with Crippen molar-refractivity contribution in [2.75, 3.05) is 7.11 Å². The fourth-order valence-corrected chi connectivity index (χ4v) is 10.1. The average molecular weight is 475 g/mol. The number of ether oxygens (including phenoxy) is 1. The monoisotopic (exact) mass is 474 g/mol. The smallest absolute Gasteiger partial charge is 0.0849 e. The van der Waals surface area contributed by atoms with Gasteiger partial charge < -0.3 is 14.9 Å². The van der Waals surface area contributed by atoms with Crippen LogP contribution in [0.2, 0.25) is 0 Å². The molecule has 196 valence electrons. The van der Waals surface area contributed by atoms with Crippen LogP contribution in [-0.2, 0) is 4.74 Å². The third-order valence-corrected chi connectivity index (χ3v) is 12.5. The molecular weight excluding hydrogens is 420 g/mol. The minimum atomic E-state index is -1.01. The predicted octanol–water partition coefficient (Wildman–Crippen LogP) is 7.15. The van der Waals surface area contributed by atoms with E-state index in [9.17, 15) is 10.2 Å². The quantitative estimate of drug-likeness (QED) is 0.402. The van der Waals surface area contributed by atoms with E-state index < -0.39 is 11.7 Å².